The quantitative estimate of drug-likeness (QED) is 0.690. The second-order valence-corrected chi connectivity index (χ2v) is 9.38. The molecule has 0 bridgehead atoms. The van der Waals surface area contributed by atoms with Crippen LogP contribution in [0.15, 0.2) is 41.9 Å². The highest BCUT2D eigenvalue weighted by molar-refractivity contribution is 7.93. The number of nitrogens with one attached hydrogen (secondary N) is 1. The number of rotatable bonds is 7. The van der Waals surface area contributed by atoms with Crippen molar-refractivity contribution in [1.29, 1.82) is 0 Å². The number of phenols is 1. The predicted molar refractivity (Wildman–Crippen MR) is 112 cm³/mol. The number of hydrogen-bond acceptors (Lipinski definition) is 7. The highest BCUT2D eigenvalue weighted by Gasteiger charge is 2.24. The zero-order valence-electron chi connectivity index (χ0n) is 16.9. The molecule has 30 heavy (non-hydrogen) atoms. The number of carbonyl (C=O) groups is 1. The summed E-state index contributed by atoms with van der Waals surface area (Å²) >= 11 is 0. The molecule has 1 aliphatic rings. The lowest BCUT2D eigenvalue weighted by Gasteiger charge is -2.15. The van der Waals surface area contributed by atoms with Crippen LogP contribution in [0, 0.1) is 0 Å². The molecule has 1 unspecified atom stereocenters. The Labute approximate surface area is 175 Å². The Bertz CT molecular complexity index is 1030. The highest BCUT2D eigenvalue weighted by Crippen LogP contribution is 2.34. The Hall–Kier alpha value is -2.94. The van der Waals surface area contributed by atoms with Crippen LogP contribution in [0.1, 0.15) is 54.7 Å². The van der Waals surface area contributed by atoms with Crippen LogP contribution in [0.5, 0.6) is 17.4 Å². The topological polar surface area (TPSA) is 118 Å². The number of nitrogens with zero attached hydrogens (tertiary/aromatic N) is 2. The normalized spacial score (nSPS) is 15.9. The maximum Gasteiger partial charge on any atom is 0.258 e. The van der Waals surface area contributed by atoms with Crippen molar-refractivity contribution in [3.63, 3.8) is 0 Å². The first-order valence-electron chi connectivity index (χ1n) is 9.74. The zero-order valence-corrected chi connectivity index (χ0v) is 17.7. The van der Waals surface area contributed by atoms with E-state index in [4.69, 9.17) is 4.74 Å². The van der Waals surface area contributed by atoms with Gasteiger partial charge in [0.1, 0.15) is 22.9 Å². The number of hydrogen-bond donors (Lipinski definition) is 2. The molecule has 0 saturated heterocycles. The smallest absolute Gasteiger partial charge is 0.258 e. The molecule has 1 aliphatic carbocycles. The summed E-state index contributed by atoms with van der Waals surface area (Å²) in [6, 6.07) is 5.58. The first-order valence-corrected chi connectivity index (χ1v) is 11.7. The molecule has 9 heteroatoms. The van der Waals surface area contributed by atoms with Gasteiger partial charge >= 0.3 is 0 Å². The SMILES string of the molecule is CC(/C=C/S(C)(=O)=O)NC(=O)c1cnc(C2CCCC2)nc1Oc1ccc(O)cc1. The van der Waals surface area contributed by atoms with Crippen molar-refractivity contribution in [2.75, 3.05) is 6.26 Å². The largest absolute Gasteiger partial charge is 0.508 e. The molecule has 8 nitrogen and oxygen atoms in total. The van der Waals surface area contributed by atoms with Gasteiger partial charge in [0.25, 0.3) is 5.91 Å². The molecular formula is C21H25N3O5S. The molecule has 160 valence electrons. The van der Waals surface area contributed by atoms with E-state index in [1.807, 2.05) is 0 Å². The third-order valence-corrected chi connectivity index (χ3v) is 5.41. The van der Waals surface area contributed by atoms with Gasteiger partial charge in [-0.1, -0.05) is 18.9 Å². The van der Waals surface area contributed by atoms with Crippen LogP contribution in [-0.4, -0.2) is 41.7 Å². The van der Waals surface area contributed by atoms with Gasteiger partial charge in [0.15, 0.2) is 9.84 Å². The van der Waals surface area contributed by atoms with E-state index in [0.717, 1.165) is 37.3 Å². The lowest BCUT2D eigenvalue weighted by atomic mass is 10.1. The van der Waals surface area contributed by atoms with Crippen LogP contribution < -0.4 is 10.1 Å². The molecule has 3 rings (SSSR count). The predicted octanol–water partition coefficient (Wildman–Crippen LogP) is 3.31. The second-order valence-electron chi connectivity index (χ2n) is 7.44. The minimum Gasteiger partial charge on any atom is -0.508 e. The minimum absolute atomic E-state index is 0.0983. The average molecular weight is 432 g/mol. The maximum absolute atomic E-state index is 12.8. The number of carbonyl (C=O) groups excluding carboxylic acids is 1. The monoisotopic (exact) mass is 431 g/mol. The zero-order chi connectivity index (χ0) is 21.7. The van der Waals surface area contributed by atoms with E-state index in [-0.39, 0.29) is 23.1 Å². The van der Waals surface area contributed by atoms with Gasteiger partial charge in [-0.15, -0.1) is 0 Å². The van der Waals surface area contributed by atoms with Crippen LogP contribution in [0.4, 0.5) is 0 Å². The van der Waals surface area contributed by atoms with E-state index in [9.17, 15) is 18.3 Å². The van der Waals surface area contributed by atoms with Crippen LogP contribution in [-0.2, 0) is 9.84 Å². The number of amides is 1. The molecule has 2 aromatic rings. The first kappa shape index (κ1) is 21.8. The lowest BCUT2D eigenvalue weighted by molar-refractivity contribution is 0.0943. The molecular weight excluding hydrogens is 406 g/mol. The number of sulfone groups is 1. The molecule has 1 atom stereocenters. The third kappa shape index (κ3) is 6.03. The van der Waals surface area contributed by atoms with E-state index in [2.05, 4.69) is 15.3 Å². The van der Waals surface area contributed by atoms with E-state index < -0.39 is 21.8 Å². The van der Waals surface area contributed by atoms with Gasteiger partial charge in [-0.25, -0.2) is 13.4 Å². The Morgan fingerprint density at radius 1 is 1.27 bits per heavy atom. The van der Waals surface area contributed by atoms with Gasteiger partial charge in [-0.05, 0) is 44.0 Å². The van der Waals surface area contributed by atoms with Gasteiger partial charge < -0.3 is 15.2 Å². The van der Waals surface area contributed by atoms with Gasteiger partial charge in [0.05, 0.1) is 0 Å². The van der Waals surface area contributed by atoms with Crippen molar-refractivity contribution in [3.05, 3.63) is 53.3 Å². The molecule has 1 aromatic carbocycles. The fourth-order valence-corrected chi connectivity index (χ4v) is 3.73. The van der Waals surface area contributed by atoms with Gasteiger partial charge in [0, 0.05) is 29.8 Å². The first-order chi connectivity index (χ1) is 14.2. The molecule has 1 saturated carbocycles. The Kier molecular flexibility index (Phi) is 6.71. The minimum atomic E-state index is -3.29. The Balaban J connectivity index is 1.86. The lowest BCUT2D eigenvalue weighted by Crippen LogP contribution is -2.31. The van der Waals surface area contributed by atoms with Gasteiger partial charge in [-0.2, -0.15) is 4.98 Å². The Morgan fingerprint density at radius 2 is 1.93 bits per heavy atom. The van der Waals surface area contributed by atoms with E-state index in [0.29, 0.717) is 11.6 Å². The molecule has 1 heterocycles. The summed E-state index contributed by atoms with van der Waals surface area (Å²) in [6.45, 7) is 1.66. The maximum atomic E-state index is 12.8. The number of aromatic nitrogens is 2. The Morgan fingerprint density at radius 3 is 2.57 bits per heavy atom. The van der Waals surface area contributed by atoms with E-state index in [1.165, 1.54) is 24.4 Å². The van der Waals surface area contributed by atoms with E-state index >= 15 is 0 Å². The number of ether oxygens (including phenoxy) is 1. The molecule has 2 N–H and O–H groups in total. The summed E-state index contributed by atoms with van der Waals surface area (Å²) in [4.78, 5) is 21.7. The summed E-state index contributed by atoms with van der Waals surface area (Å²) in [7, 11) is -3.29. The summed E-state index contributed by atoms with van der Waals surface area (Å²) in [5, 5.41) is 13.2. The number of phenolic OH excluding ortho intramolecular Hbond substituents is 1. The van der Waals surface area contributed by atoms with Gasteiger partial charge in [0.2, 0.25) is 5.88 Å². The fraction of sp³-hybridized carbons (Fsp3) is 0.381. The summed E-state index contributed by atoms with van der Waals surface area (Å²) < 4.78 is 28.4. The summed E-state index contributed by atoms with van der Waals surface area (Å²) in [5.41, 5.74) is 0.143. The molecule has 0 spiro atoms. The fourth-order valence-electron chi connectivity index (χ4n) is 3.21. The van der Waals surface area contributed by atoms with Crippen molar-refractivity contribution < 1.29 is 23.1 Å². The second kappa shape index (κ2) is 9.25. The molecule has 0 radical (unpaired) electrons. The van der Waals surface area contributed by atoms with Crippen molar-refractivity contribution in [2.24, 2.45) is 0 Å². The molecule has 1 amide bonds. The van der Waals surface area contributed by atoms with Crippen molar-refractivity contribution in [2.45, 2.75) is 44.6 Å². The van der Waals surface area contributed by atoms with Gasteiger partial charge in [-0.3, -0.25) is 4.79 Å². The van der Waals surface area contributed by atoms with Crippen LogP contribution in [0.2, 0.25) is 0 Å². The average Bonchev–Trinajstić information content (AvgIpc) is 3.22. The molecule has 1 aromatic heterocycles. The summed E-state index contributed by atoms with van der Waals surface area (Å²) in [6.07, 6.45) is 8.15. The third-order valence-electron chi connectivity index (χ3n) is 4.76. The highest BCUT2D eigenvalue weighted by atomic mass is 32.2. The summed E-state index contributed by atoms with van der Waals surface area (Å²) in [5.74, 6) is 1.04. The van der Waals surface area contributed by atoms with Crippen molar-refractivity contribution >= 4 is 15.7 Å². The standard InChI is InChI=1S/C21H25N3O5S/c1-14(11-12-30(2,27)28)23-20(26)18-13-22-19(15-5-3-4-6-15)24-21(18)29-17-9-7-16(25)8-10-17/h7-15,25H,3-6H2,1-2H3,(H,23,26)/b12-11+. The van der Waals surface area contributed by atoms with Crippen LogP contribution >= 0.6 is 0 Å². The number of aromatic hydroxyl groups is 1. The van der Waals surface area contributed by atoms with E-state index in [1.54, 1.807) is 19.1 Å². The van der Waals surface area contributed by atoms with Crippen LogP contribution in [0.3, 0.4) is 0 Å². The molecule has 0 aliphatic heterocycles. The van der Waals surface area contributed by atoms with Crippen LogP contribution in [0.25, 0.3) is 0 Å². The van der Waals surface area contributed by atoms with Crippen molar-refractivity contribution in [1.82, 2.24) is 15.3 Å². The molecule has 1 fully saturated rings. The number of benzene rings is 1. The van der Waals surface area contributed by atoms with Crippen molar-refractivity contribution in [3.8, 4) is 17.4 Å².